The zero-order valence-corrected chi connectivity index (χ0v) is 26.4. The largest absolute Gasteiger partial charge is 0.310 e. The molecule has 2 heteroatoms. The summed E-state index contributed by atoms with van der Waals surface area (Å²) in [6.45, 7) is 0. The smallest absolute Gasteiger partial charge is 0.0625 e. The SMILES string of the molecule is c1ccc(-c2ccc(-c3cc4ccccc4c4c3c3ccc(N(c5ccccc5)c5ccccc5)cc3n4-c3ccccc3)cc2)cc1. The molecule has 226 valence electrons. The summed E-state index contributed by atoms with van der Waals surface area (Å²) in [5, 5.41) is 4.95. The summed E-state index contributed by atoms with van der Waals surface area (Å²) in [6.07, 6.45) is 0. The molecule has 0 N–H and O–H groups in total. The second kappa shape index (κ2) is 11.8. The number of hydrogen-bond acceptors (Lipinski definition) is 1. The van der Waals surface area contributed by atoms with Crippen LogP contribution in [-0.2, 0) is 0 Å². The average molecular weight is 613 g/mol. The molecule has 1 heterocycles. The van der Waals surface area contributed by atoms with Crippen molar-refractivity contribution in [2.45, 2.75) is 0 Å². The molecule has 0 saturated heterocycles. The first kappa shape index (κ1) is 27.9. The number of nitrogens with zero attached hydrogens (tertiary/aromatic N) is 2. The quantitative estimate of drug-likeness (QED) is 0.181. The van der Waals surface area contributed by atoms with Crippen molar-refractivity contribution in [3.05, 3.63) is 194 Å². The minimum absolute atomic E-state index is 1.11. The van der Waals surface area contributed by atoms with E-state index in [1.807, 2.05) is 0 Å². The Morgan fingerprint density at radius 3 is 1.58 bits per heavy atom. The maximum absolute atomic E-state index is 2.46. The van der Waals surface area contributed by atoms with Gasteiger partial charge in [0.2, 0.25) is 0 Å². The van der Waals surface area contributed by atoms with Crippen LogP contribution in [0.4, 0.5) is 17.1 Å². The van der Waals surface area contributed by atoms with Crippen LogP contribution in [-0.4, -0.2) is 4.57 Å². The highest BCUT2D eigenvalue weighted by molar-refractivity contribution is 6.24. The molecule has 1 aromatic heterocycles. The summed E-state index contributed by atoms with van der Waals surface area (Å²) in [5.74, 6) is 0. The Bertz CT molecular complexity index is 2480. The van der Waals surface area contributed by atoms with Crippen LogP contribution in [0.5, 0.6) is 0 Å². The van der Waals surface area contributed by atoms with Gasteiger partial charge in [-0.2, -0.15) is 0 Å². The highest BCUT2D eigenvalue weighted by atomic mass is 15.1. The number of benzene rings is 8. The van der Waals surface area contributed by atoms with Crippen LogP contribution in [0, 0.1) is 0 Å². The predicted octanol–water partition coefficient (Wildman–Crippen LogP) is 12.7. The number of hydrogen-bond donors (Lipinski definition) is 0. The lowest BCUT2D eigenvalue weighted by atomic mass is 9.94. The van der Waals surface area contributed by atoms with Gasteiger partial charge in [-0.3, -0.25) is 0 Å². The topological polar surface area (TPSA) is 8.17 Å². The first-order valence-corrected chi connectivity index (χ1v) is 16.4. The fourth-order valence-corrected chi connectivity index (χ4v) is 7.16. The number of aromatic nitrogens is 1. The van der Waals surface area contributed by atoms with Crippen molar-refractivity contribution >= 4 is 49.6 Å². The first-order chi connectivity index (χ1) is 23.8. The van der Waals surface area contributed by atoms with E-state index < -0.39 is 0 Å². The standard InChI is InChI=1S/C46H32N2/c1-5-15-33(16-6-1)34-25-27-35(28-26-34)43-31-36-17-13-14-24-41(36)46-45(43)42-30-29-40(32-44(42)48(46)39-22-11-4-12-23-39)47(37-18-7-2-8-19-37)38-20-9-3-10-21-38/h1-32H. The number of anilines is 3. The Hall–Kier alpha value is -6.38. The Morgan fingerprint density at radius 2 is 0.917 bits per heavy atom. The third-order valence-electron chi connectivity index (χ3n) is 9.34. The van der Waals surface area contributed by atoms with E-state index in [-0.39, 0.29) is 0 Å². The lowest BCUT2D eigenvalue weighted by Gasteiger charge is -2.25. The van der Waals surface area contributed by atoms with Gasteiger partial charge in [0.05, 0.1) is 11.0 Å². The molecule has 0 spiro atoms. The number of para-hydroxylation sites is 3. The predicted molar refractivity (Wildman–Crippen MR) is 204 cm³/mol. The van der Waals surface area contributed by atoms with Gasteiger partial charge < -0.3 is 9.47 Å². The van der Waals surface area contributed by atoms with Crippen LogP contribution in [0.3, 0.4) is 0 Å². The molecule has 0 amide bonds. The summed E-state index contributed by atoms with van der Waals surface area (Å²) in [6, 6.07) is 69.8. The second-order valence-corrected chi connectivity index (χ2v) is 12.2. The molecule has 0 saturated carbocycles. The third kappa shape index (κ3) is 4.74. The van der Waals surface area contributed by atoms with Crippen molar-refractivity contribution in [1.82, 2.24) is 4.57 Å². The van der Waals surface area contributed by atoms with Gasteiger partial charge in [0, 0.05) is 38.9 Å². The molecule has 0 radical (unpaired) electrons. The molecule has 0 unspecified atom stereocenters. The van der Waals surface area contributed by atoms with Crippen LogP contribution >= 0.6 is 0 Å². The Kier molecular flexibility index (Phi) is 6.84. The second-order valence-electron chi connectivity index (χ2n) is 12.2. The molecule has 0 aliphatic carbocycles. The van der Waals surface area contributed by atoms with E-state index in [1.54, 1.807) is 0 Å². The van der Waals surface area contributed by atoms with Gasteiger partial charge in [0.1, 0.15) is 0 Å². The van der Waals surface area contributed by atoms with E-state index in [1.165, 1.54) is 54.8 Å². The zero-order chi connectivity index (χ0) is 31.9. The fraction of sp³-hybridized carbons (Fsp3) is 0. The Labute approximate surface area is 280 Å². The van der Waals surface area contributed by atoms with Gasteiger partial charge >= 0.3 is 0 Å². The van der Waals surface area contributed by atoms with Crippen molar-refractivity contribution in [1.29, 1.82) is 0 Å². The molecule has 48 heavy (non-hydrogen) atoms. The molecule has 0 bridgehead atoms. The van der Waals surface area contributed by atoms with Crippen LogP contribution in [0.1, 0.15) is 0 Å². The van der Waals surface area contributed by atoms with Crippen LogP contribution < -0.4 is 4.90 Å². The zero-order valence-electron chi connectivity index (χ0n) is 26.4. The Morgan fingerprint density at radius 1 is 0.375 bits per heavy atom. The summed E-state index contributed by atoms with van der Waals surface area (Å²) < 4.78 is 2.46. The van der Waals surface area contributed by atoms with Crippen LogP contribution in [0.25, 0.3) is 60.5 Å². The molecule has 0 aliphatic heterocycles. The van der Waals surface area contributed by atoms with Crippen molar-refractivity contribution in [3.63, 3.8) is 0 Å². The van der Waals surface area contributed by atoms with E-state index in [2.05, 4.69) is 204 Å². The first-order valence-electron chi connectivity index (χ1n) is 16.4. The molecule has 9 rings (SSSR count). The summed E-state index contributed by atoms with van der Waals surface area (Å²) in [7, 11) is 0. The maximum Gasteiger partial charge on any atom is 0.0625 e. The molecule has 8 aromatic carbocycles. The van der Waals surface area contributed by atoms with E-state index in [0.29, 0.717) is 0 Å². The summed E-state index contributed by atoms with van der Waals surface area (Å²) in [4.78, 5) is 2.34. The van der Waals surface area contributed by atoms with Gasteiger partial charge in [-0.1, -0.05) is 140 Å². The molecular weight excluding hydrogens is 581 g/mol. The van der Waals surface area contributed by atoms with Crippen molar-refractivity contribution in [2.24, 2.45) is 0 Å². The van der Waals surface area contributed by atoms with E-state index in [4.69, 9.17) is 0 Å². The number of fused-ring (bicyclic) bond motifs is 5. The maximum atomic E-state index is 2.46. The minimum Gasteiger partial charge on any atom is -0.310 e. The lowest BCUT2D eigenvalue weighted by molar-refractivity contribution is 1.18. The summed E-state index contributed by atoms with van der Waals surface area (Å²) >= 11 is 0. The number of rotatable bonds is 6. The highest BCUT2D eigenvalue weighted by Crippen LogP contribution is 2.45. The molecule has 2 nitrogen and oxygen atoms in total. The molecular formula is C46H32N2. The molecule has 0 fully saturated rings. The average Bonchev–Trinajstić information content (AvgIpc) is 3.51. The molecule has 0 aliphatic rings. The highest BCUT2D eigenvalue weighted by Gasteiger charge is 2.21. The minimum atomic E-state index is 1.11. The van der Waals surface area contributed by atoms with Gasteiger partial charge in [-0.25, -0.2) is 0 Å². The van der Waals surface area contributed by atoms with Gasteiger partial charge in [-0.15, -0.1) is 0 Å². The van der Waals surface area contributed by atoms with Gasteiger partial charge in [0.15, 0.2) is 0 Å². The lowest BCUT2D eigenvalue weighted by Crippen LogP contribution is -2.09. The van der Waals surface area contributed by atoms with Crippen LogP contribution in [0.2, 0.25) is 0 Å². The van der Waals surface area contributed by atoms with Crippen molar-refractivity contribution in [3.8, 4) is 27.9 Å². The third-order valence-corrected chi connectivity index (χ3v) is 9.34. The van der Waals surface area contributed by atoms with Gasteiger partial charge in [-0.05, 0) is 82.2 Å². The van der Waals surface area contributed by atoms with Gasteiger partial charge in [0.25, 0.3) is 0 Å². The van der Waals surface area contributed by atoms with E-state index >= 15 is 0 Å². The monoisotopic (exact) mass is 612 g/mol. The fourth-order valence-electron chi connectivity index (χ4n) is 7.16. The molecule has 9 aromatic rings. The van der Waals surface area contributed by atoms with Crippen molar-refractivity contribution < 1.29 is 0 Å². The van der Waals surface area contributed by atoms with E-state index in [0.717, 1.165) is 22.7 Å². The van der Waals surface area contributed by atoms with E-state index in [9.17, 15) is 0 Å². The van der Waals surface area contributed by atoms with Crippen LogP contribution in [0.15, 0.2) is 194 Å². The molecule has 0 atom stereocenters. The normalized spacial score (nSPS) is 11.3. The van der Waals surface area contributed by atoms with Crippen molar-refractivity contribution in [2.75, 3.05) is 4.90 Å². The Balaban J connectivity index is 1.36. The summed E-state index contributed by atoms with van der Waals surface area (Å²) in [5.41, 5.74) is 11.8.